The summed E-state index contributed by atoms with van der Waals surface area (Å²) in [4.78, 5) is 17.7. The van der Waals surface area contributed by atoms with Crippen LogP contribution in [0, 0.1) is 6.92 Å². The van der Waals surface area contributed by atoms with Crippen LogP contribution in [0.3, 0.4) is 0 Å². The minimum Gasteiger partial charge on any atom is -0.483 e. The zero-order valence-electron chi connectivity index (χ0n) is 16.4. The number of aliphatic hydroxyl groups excluding tert-OH is 1. The van der Waals surface area contributed by atoms with E-state index in [1.807, 2.05) is 28.9 Å². The first-order valence-corrected chi connectivity index (χ1v) is 10.4. The molecule has 2 aromatic rings. The van der Waals surface area contributed by atoms with Crippen LogP contribution in [0.25, 0.3) is 0 Å². The maximum Gasteiger partial charge on any atom is 0.255 e. The molecule has 7 heteroatoms. The van der Waals surface area contributed by atoms with Gasteiger partial charge < -0.3 is 19.7 Å². The summed E-state index contributed by atoms with van der Waals surface area (Å²) < 4.78 is 8.43. The summed E-state index contributed by atoms with van der Waals surface area (Å²) in [7, 11) is 0. The van der Waals surface area contributed by atoms with E-state index in [1.165, 1.54) is 12.8 Å². The van der Waals surface area contributed by atoms with Crippen LogP contribution in [-0.4, -0.2) is 49.4 Å². The highest BCUT2D eigenvalue weighted by Gasteiger charge is 2.45. The van der Waals surface area contributed by atoms with E-state index in [0.29, 0.717) is 31.2 Å². The number of likely N-dealkylation sites (tertiary alicyclic amines) is 1. The van der Waals surface area contributed by atoms with E-state index in [9.17, 15) is 9.90 Å². The fourth-order valence-electron chi connectivity index (χ4n) is 5.04. The van der Waals surface area contributed by atoms with Crippen molar-refractivity contribution in [3.05, 3.63) is 35.4 Å². The molecule has 2 aliphatic heterocycles. The number of nitrogens with one attached hydrogen (secondary N) is 1. The number of nitrogens with zero attached hydrogens (tertiary/aromatic N) is 3. The van der Waals surface area contributed by atoms with Gasteiger partial charge >= 0.3 is 0 Å². The van der Waals surface area contributed by atoms with Gasteiger partial charge in [-0.2, -0.15) is 5.10 Å². The summed E-state index contributed by atoms with van der Waals surface area (Å²) in [6.45, 7) is 3.23. The van der Waals surface area contributed by atoms with Crippen LogP contribution < -0.4 is 4.74 Å². The van der Waals surface area contributed by atoms with E-state index in [2.05, 4.69) is 10.1 Å². The summed E-state index contributed by atoms with van der Waals surface area (Å²) >= 11 is 0. The van der Waals surface area contributed by atoms with Gasteiger partial charge in [0.2, 0.25) is 0 Å². The van der Waals surface area contributed by atoms with E-state index in [4.69, 9.17) is 4.74 Å². The van der Waals surface area contributed by atoms with Crippen LogP contribution in [-0.2, 0) is 0 Å². The predicted molar refractivity (Wildman–Crippen MR) is 103 cm³/mol. The molecule has 1 saturated heterocycles. The third kappa shape index (κ3) is 2.92. The molecule has 150 valence electrons. The normalized spacial score (nSPS) is 24.4. The second-order valence-corrected chi connectivity index (χ2v) is 8.65. The lowest BCUT2D eigenvalue weighted by Gasteiger charge is -2.44. The Kier molecular flexibility index (Phi) is 4.23. The number of piperidine rings is 1. The molecule has 1 atom stereocenters. The number of hydrogen-bond donors (Lipinski definition) is 2. The minimum atomic E-state index is -0.597. The van der Waals surface area contributed by atoms with Crippen LogP contribution in [0.1, 0.15) is 78.7 Å². The van der Waals surface area contributed by atoms with Gasteiger partial charge in [0.05, 0.1) is 17.8 Å². The Morgan fingerprint density at radius 2 is 2.04 bits per heavy atom. The van der Waals surface area contributed by atoms with Gasteiger partial charge in [-0.25, -0.2) is 0 Å². The summed E-state index contributed by atoms with van der Waals surface area (Å²) in [5, 5.41) is 15.4. The van der Waals surface area contributed by atoms with Gasteiger partial charge in [-0.15, -0.1) is 0 Å². The van der Waals surface area contributed by atoms with Crippen molar-refractivity contribution in [2.75, 3.05) is 13.1 Å². The summed E-state index contributed by atoms with van der Waals surface area (Å²) in [5.74, 6) is 0.798. The van der Waals surface area contributed by atoms with E-state index < -0.39 is 11.7 Å². The summed E-state index contributed by atoms with van der Waals surface area (Å²) in [6, 6.07) is 0.432. The summed E-state index contributed by atoms with van der Waals surface area (Å²) in [6.07, 6.45) is 11.8. The average molecular weight is 384 g/mol. The summed E-state index contributed by atoms with van der Waals surface area (Å²) in [5.41, 5.74) is 1.98. The zero-order valence-corrected chi connectivity index (χ0v) is 16.4. The number of aryl methyl sites for hydroxylation is 1. The van der Waals surface area contributed by atoms with Gasteiger partial charge in [0.1, 0.15) is 17.4 Å². The highest BCUT2D eigenvalue weighted by atomic mass is 16.5. The predicted octanol–water partition coefficient (Wildman–Crippen LogP) is 3.13. The largest absolute Gasteiger partial charge is 0.483 e. The molecule has 1 unspecified atom stereocenters. The Bertz CT molecular complexity index is 872. The minimum absolute atomic E-state index is 0.0692. The van der Waals surface area contributed by atoms with Gasteiger partial charge in [-0.05, 0) is 25.3 Å². The molecular formula is C21H28N4O3. The van der Waals surface area contributed by atoms with Crippen molar-refractivity contribution < 1.29 is 14.6 Å². The Labute approximate surface area is 164 Å². The number of aromatic amines is 1. The number of carbonyl (C=O) groups excluding carboxylic acids is 1. The van der Waals surface area contributed by atoms with Crippen LogP contribution >= 0.6 is 0 Å². The molecule has 1 aliphatic carbocycles. The molecular weight excluding hydrogens is 356 g/mol. The molecule has 0 bridgehead atoms. The number of H-pyrrole nitrogens is 1. The maximum atomic E-state index is 12.8. The number of hydrogen-bond acceptors (Lipinski definition) is 4. The standard InChI is InChI=1S/C21H28N4O3/c1-14-11-22-12-16(14)20(27)24-8-6-21(7-9-24)10-17(26)19-18(28-21)13-25(23-19)15-4-2-3-5-15/h11-13,15,17,22,26H,2-10H2,1H3. The second-order valence-electron chi connectivity index (χ2n) is 8.65. The monoisotopic (exact) mass is 384 g/mol. The van der Waals surface area contributed by atoms with Crippen LogP contribution in [0.2, 0.25) is 0 Å². The Balaban J connectivity index is 1.30. The second kappa shape index (κ2) is 6.65. The SMILES string of the molecule is Cc1c[nH]cc1C(=O)N1CCC2(CC1)CC(O)c1nn(C3CCCC3)cc1O2. The molecule has 1 spiro atoms. The molecule has 2 fully saturated rings. The molecule has 0 aromatic carbocycles. The quantitative estimate of drug-likeness (QED) is 0.833. The van der Waals surface area contributed by atoms with Gasteiger partial charge in [-0.1, -0.05) is 12.8 Å². The van der Waals surface area contributed by atoms with E-state index >= 15 is 0 Å². The fourth-order valence-corrected chi connectivity index (χ4v) is 5.04. The number of amides is 1. The van der Waals surface area contributed by atoms with E-state index in [-0.39, 0.29) is 5.91 Å². The Hall–Kier alpha value is -2.28. The molecule has 2 aromatic heterocycles. The van der Waals surface area contributed by atoms with E-state index in [1.54, 1.807) is 6.20 Å². The first-order valence-electron chi connectivity index (χ1n) is 10.4. The van der Waals surface area contributed by atoms with Crippen molar-refractivity contribution in [1.29, 1.82) is 0 Å². The molecule has 28 heavy (non-hydrogen) atoms. The van der Waals surface area contributed by atoms with Gasteiger partial charge in [0.15, 0.2) is 5.75 Å². The molecule has 3 aliphatic rings. The average Bonchev–Trinajstić information content (AvgIpc) is 3.42. The molecule has 1 amide bonds. The zero-order chi connectivity index (χ0) is 19.3. The fraction of sp³-hybridized carbons (Fsp3) is 0.619. The van der Waals surface area contributed by atoms with Crippen LogP contribution in [0.5, 0.6) is 5.75 Å². The number of aromatic nitrogens is 3. The van der Waals surface area contributed by atoms with E-state index in [0.717, 1.165) is 42.6 Å². The van der Waals surface area contributed by atoms with Crippen molar-refractivity contribution in [1.82, 2.24) is 19.7 Å². The first-order chi connectivity index (χ1) is 13.5. The highest BCUT2D eigenvalue weighted by Crippen LogP contribution is 2.45. The van der Waals surface area contributed by atoms with Gasteiger partial charge in [0, 0.05) is 44.7 Å². The molecule has 0 radical (unpaired) electrons. The van der Waals surface area contributed by atoms with Gasteiger partial charge in [-0.3, -0.25) is 9.48 Å². The Morgan fingerprint density at radius 3 is 2.71 bits per heavy atom. The molecule has 1 saturated carbocycles. The van der Waals surface area contributed by atoms with Crippen molar-refractivity contribution in [2.45, 2.75) is 69.6 Å². The van der Waals surface area contributed by atoms with Crippen molar-refractivity contribution in [3.8, 4) is 5.75 Å². The number of carbonyl (C=O) groups is 1. The maximum absolute atomic E-state index is 12.8. The lowest BCUT2D eigenvalue weighted by molar-refractivity contribution is -0.0504. The lowest BCUT2D eigenvalue weighted by atomic mass is 9.83. The third-order valence-corrected chi connectivity index (χ3v) is 6.78. The Morgan fingerprint density at radius 1 is 1.29 bits per heavy atom. The number of rotatable bonds is 2. The van der Waals surface area contributed by atoms with Crippen molar-refractivity contribution in [3.63, 3.8) is 0 Å². The first kappa shape index (κ1) is 17.8. The smallest absolute Gasteiger partial charge is 0.255 e. The van der Waals surface area contributed by atoms with Crippen LogP contribution in [0.15, 0.2) is 18.6 Å². The van der Waals surface area contributed by atoms with Crippen molar-refractivity contribution in [2.24, 2.45) is 0 Å². The van der Waals surface area contributed by atoms with Crippen molar-refractivity contribution >= 4 is 5.91 Å². The molecule has 7 nitrogen and oxygen atoms in total. The third-order valence-electron chi connectivity index (χ3n) is 6.78. The highest BCUT2D eigenvalue weighted by molar-refractivity contribution is 5.95. The number of fused-ring (bicyclic) bond motifs is 1. The molecule has 4 heterocycles. The number of ether oxygens (including phenoxy) is 1. The van der Waals surface area contributed by atoms with Gasteiger partial charge in [0.25, 0.3) is 5.91 Å². The number of aliphatic hydroxyl groups is 1. The topological polar surface area (TPSA) is 83.4 Å². The molecule has 5 rings (SSSR count). The van der Waals surface area contributed by atoms with Crippen LogP contribution in [0.4, 0.5) is 0 Å². The molecule has 2 N–H and O–H groups in total. The lowest BCUT2D eigenvalue weighted by Crippen LogP contribution is -2.51.